The van der Waals surface area contributed by atoms with E-state index >= 15 is 0 Å². The number of hydrogen-bond acceptors (Lipinski definition) is 0. The maximum atomic E-state index is 2.51. The first-order valence-corrected chi connectivity index (χ1v) is 17.5. The molecule has 1 aliphatic rings. The maximum absolute atomic E-state index is 2.51. The van der Waals surface area contributed by atoms with Gasteiger partial charge < -0.3 is 9.13 Å². The van der Waals surface area contributed by atoms with Crippen LogP contribution in [0.5, 0.6) is 0 Å². The molecular weight excluding hydrogens is 605 g/mol. The highest BCUT2D eigenvalue weighted by molar-refractivity contribution is 6.14. The van der Waals surface area contributed by atoms with Crippen LogP contribution in [0.25, 0.3) is 71.9 Å². The lowest BCUT2D eigenvalue weighted by Gasteiger charge is -2.20. The molecule has 0 bridgehead atoms. The topological polar surface area (TPSA) is 9.86 Å². The van der Waals surface area contributed by atoms with E-state index in [0.29, 0.717) is 0 Å². The first-order valence-electron chi connectivity index (χ1n) is 17.5. The molecule has 0 spiro atoms. The third kappa shape index (κ3) is 4.49. The van der Waals surface area contributed by atoms with Crippen molar-refractivity contribution in [3.63, 3.8) is 0 Å². The quantitative estimate of drug-likeness (QED) is 0.178. The van der Waals surface area contributed by atoms with Crippen LogP contribution >= 0.6 is 0 Å². The number of aromatic nitrogens is 2. The normalized spacial score (nSPS) is 12.8. The first kappa shape index (κ1) is 28.6. The van der Waals surface area contributed by atoms with Gasteiger partial charge in [-0.15, -0.1) is 0 Å². The Kier molecular flexibility index (Phi) is 6.67. The van der Waals surface area contributed by atoms with Crippen molar-refractivity contribution in [3.8, 4) is 33.6 Å². The molecule has 0 saturated carbocycles. The van der Waals surface area contributed by atoms with Crippen molar-refractivity contribution in [2.24, 2.45) is 0 Å². The van der Waals surface area contributed by atoms with Crippen LogP contribution < -0.4 is 0 Å². The Balaban J connectivity index is 1.19. The smallest absolute Gasteiger partial charge is 0.0619 e. The van der Waals surface area contributed by atoms with Crippen molar-refractivity contribution < 1.29 is 0 Å². The Morgan fingerprint density at radius 1 is 0.400 bits per heavy atom. The zero-order valence-corrected chi connectivity index (χ0v) is 27.6. The summed E-state index contributed by atoms with van der Waals surface area (Å²) in [6.07, 6.45) is 4.46. The average molecular weight is 639 g/mol. The third-order valence-corrected chi connectivity index (χ3v) is 10.4. The van der Waals surface area contributed by atoms with Crippen LogP contribution in [0.2, 0.25) is 0 Å². The predicted octanol–water partition coefficient (Wildman–Crippen LogP) is 12.4. The largest absolute Gasteiger partial charge is 0.313 e. The van der Waals surface area contributed by atoms with E-state index in [2.05, 4.69) is 191 Å². The standard InChI is InChI=1S/C48H34N2/c1-3-14-33(15-4-1)35-28-30-37(31-29-35)49-45-26-10-8-21-43(45)47-40(22-13-27-46(47)49)42-24-12-23-41-39-20-7-9-25-44(39)50(48(41)42)38-19-11-18-36(32-38)34-16-5-2-6-17-34/h1-12,14-26,28-32H,13,27H2. The van der Waals surface area contributed by atoms with Crippen molar-refractivity contribution >= 4 is 38.3 Å². The number of fused-ring (bicyclic) bond motifs is 6. The molecule has 0 N–H and O–H groups in total. The van der Waals surface area contributed by atoms with Gasteiger partial charge in [-0.05, 0) is 77.1 Å². The Morgan fingerprint density at radius 2 is 0.980 bits per heavy atom. The second-order valence-corrected chi connectivity index (χ2v) is 13.2. The van der Waals surface area contributed by atoms with Gasteiger partial charge in [-0.2, -0.15) is 0 Å². The lowest BCUT2D eigenvalue weighted by Crippen LogP contribution is -2.07. The maximum Gasteiger partial charge on any atom is 0.0619 e. The van der Waals surface area contributed by atoms with E-state index in [0.717, 1.165) is 12.8 Å². The summed E-state index contributed by atoms with van der Waals surface area (Å²) < 4.78 is 4.99. The Labute approximate surface area is 291 Å². The van der Waals surface area contributed by atoms with Gasteiger partial charge in [0, 0.05) is 44.4 Å². The van der Waals surface area contributed by atoms with E-state index in [1.54, 1.807) is 0 Å². The molecule has 9 aromatic rings. The van der Waals surface area contributed by atoms with E-state index in [9.17, 15) is 0 Å². The van der Waals surface area contributed by atoms with Crippen molar-refractivity contribution in [1.29, 1.82) is 0 Å². The second-order valence-electron chi connectivity index (χ2n) is 13.2. The summed E-state index contributed by atoms with van der Waals surface area (Å²) in [6.45, 7) is 0. The molecule has 7 aromatic carbocycles. The molecule has 0 aliphatic heterocycles. The molecule has 50 heavy (non-hydrogen) atoms. The minimum absolute atomic E-state index is 0.987. The fraction of sp³-hybridized carbons (Fsp3) is 0.0417. The molecule has 0 amide bonds. The van der Waals surface area contributed by atoms with Gasteiger partial charge in [0.25, 0.3) is 0 Å². The zero-order valence-electron chi connectivity index (χ0n) is 27.6. The van der Waals surface area contributed by atoms with Gasteiger partial charge in [-0.3, -0.25) is 0 Å². The molecule has 2 aromatic heterocycles. The Hall–Kier alpha value is -6.38. The Morgan fingerprint density at radius 3 is 1.74 bits per heavy atom. The minimum atomic E-state index is 0.987. The van der Waals surface area contributed by atoms with Gasteiger partial charge in [0.05, 0.1) is 16.6 Å². The molecule has 0 radical (unpaired) electrons. The van der Waals surface area contributed by atoms with Gasteiger partial charge >= 0.3 is 0 Å². The second kappa shape index (κ2) is 11.6. The van der Waals surface area contributed by atoms with Gasteiger partial charge in [-0.25, -0.2) is 0 Å². The lowest BCUT2D eigenvalue weighted by molar-refractivity contribution is 0.884. The number of nitrogens with zero attached hydrogens (tertiary/aromatic N) is 2. The summed E-state index contributed by atoms with van der Waals surface area (Å²) in [7, 11) is 0. The summed E-state index contributed by atoms with van der Waals surface area (Å²) >= 11 is 0. The van der Waals surface area contributed by atoms with Crippen molar-refractivity contribution in [2.45, 2.75) is 12.8 Å². The molecule has 1 aliphatic carbocycles. The fourth-order valence-electron chi connectivity index (χ4n) is 8.22. The third-order valence-electron chi connectivity index (χ3n) is 10.4. The summed E-state index contributed by atoms with van der Waals surface area (Å²) in [5, 5.41) is 3.84. The van der Waals surface area contributed by atoms with E-state index in [1.165, 1.54) is 88.7 Å². The molecule has 0 unspecified atom stereocenters. The van der Waals surface area contributed by atoms with E-state index in [1.807, 2.05) is 0 Å². The van der Waals surface area contributed by atoms with Crippen LogP contribution in [-0.2, 0) is 6.42 Å². The predicted molar refractivity (Wildman–Crippen MR) is 210 cm³/mol. The molecule has 236 valence electrons. The summed E-state index contributed by atoms with van der Waals surface area (Å²) in [5.41, 5.74) is 16.3. The van der Waals surface area contributed by atoms with Gasteiger partial charge in [-0.1, -0.05) is 146 Å². The van der Waals surface area contributed by atoms with Crippen molar-refractivity contribution in [1.82, 2.24) is 9.13 Å². The van der Waals surface area contributed by atoms with E-state index in [4.69, 9.17) is 0 Å². The number of benzene rings is 7. The average Bonchev–Trinajstić information content (AvgIpc) is 3.72. The number of hydrogen-bond donors (Lipinski definition) is 0. The van der Waals surface area contributed by atoms with Gasteiger partial charge in [0.2, 0.25) is 0 Å². The molecule has 10 rings (SSSR count). The van der Waals surface area contributed by atoms with Crippen LogP contribution in [0, 0.1) is 0 Å². The first-order chi connectivity index (χ1) is 24.8. The van der Waals surface area contributed by atoms with Gasteiger partial charge in [0.1, 0.15) is 0 Å². The molecule has 2 nitrogen and oxygen atoms in total. The summed E-state index contributed by atoms with van der Waals surface area (Å²) in [6, 6.07) is 64.1. The Bertz CT molecular complexity index is 2720. The molecule has 0 atom stereocenters. The molecule has 0 saturated heterocycles. The lowest BCUT2D eigenvalue weighted by atomic mass is 9.88. The van der Waals surface area contributed by atoms with E-state index in [-0.39, 0.29) is 0 Å². The van der Waals surface area contributed by atoms with E-state index < -0.39 is 0 Å². The number of allylic oxidation sites excluding steroid dienone is 1. The molecular formula is C48H34N2. The highest BCUT2D eigenvalue weighted by Crippen LogP contribution is 2.45. The summed E-state index contributed by atoms with van der Waals surface area (Å²) in [5.74, 6) is 0. The molecule has 2 heterocycles. The number of rotatable bonds is 5. The van der Waals surface area contributed by atoms with Crippen molar-refractivity contribution in [2.75, 3.05) is 0 Å². The SMILES string of the molecule is C1=C(c2cccc3c4ccccc4n(-c4cccc(-c5ccccc5)c4)c23)c2c(n(-c3ccc(-c4ccccc4)cc3)c3ccccc23)CC1. The minimum Gasteiger partial charge on any atom is -0.313 e. The van der Waals surface area contributed by atoms with Crippen LogP contribution in [0.1, 0.15) is 23.2 Å². The molecule has 0 fully saturated rings. The number of para-hydroxylation sites is 3. The van der Waals surface area contributed by atoms with Crippen LogP contribution in [0.4, 0.5) is 0 Å². The van der Waals surface area contributed by atoms with Gasteiger partial charge in [0.15, 0.2) is 0 Å². The molecule has 2 heteroatoms. The highest BCUT2D eigenvalue weighted by Gasteiger charge is 2.27. The monoisotopic (exact) mass is 638 g/mol. The van der Waals surface area contributed by atoms with Crippen LogP contribution in [0.3, 0.4) is 0 Å². The fourth-order valence-corrected chi connectivity index (χ4v) is 8.22. The van der Waals surface area contributed by atoms with Crippen LogP contribution in [0.15, 0.2) is 182 Å². The summed E-state index contributed by atoms with van der Waals surface area (Å²) in [4.78, 5) is 0. The highest BCUT2D eigenvalue weighted by atomic mass is 15.0. The van der Waals surface area contributed by atoms with Crippen molar-refractivity contribution in [3.05, 3.63) is 199 Å². The zero-order chi connectivity index (χ0) is 33.0. The van der Waals surface area contributed by atoms with Crippen LogP contribution in [-0.4, -0.2) is 9.13 Å².